The molecule has 1 fully saturated rings. The lowest BCUT2D eigenvalue weighted by molar-refractivity contribution is 0.0940. The lowest BCUT2D eigenvalue weighted by Gasteiger charge is -2.28. The molecule has 7 nitrogen and oxygen atoms in total. The summed E-state index contributed by atoms with van der Waals surface area (Å²) in [7, 11) is -3.36. The summed E-state index contributed by atoms with van der Waals surface area (Å²) < 4.78 is 26.1. The van der Waals surface area contributed by atoms with Gasteiger partial charge in [0.15, 0.2) is 0 Å². The van der Waals surface area contributed by atoms with Crippen LogP contribution in [0.15, 0.2) is 48.5 Å². The van der Waals surface area contributed by atoms with Crippen LogP contribution in [0.1, 0.15) is 53.8 Å². The van der Waals surface area contributed by atoms with Crippen molar-refractivity contribution >= 4 is 33.2 Å². The first-order chi connectivity index (χ1) is 14.3. The van der Waals surface area contributed by atoms with E-state index in [0.29, 0.717) is 35.5 Å². The summed E-state index contributed by atoms with van der Waals surface area (Å²) in [5.41, 5.74) is 1.58. The van der Waals surface area contributed by atoms with Crippen molar-refractivity contribution < 1.29 is 18.0 Å². The van der Waals surface area contributed by atoms with Gasteiger partial charge in [0.1, 0.15) is 0 Å². The molecule has 2 N–H and O–H groups in total. The van der Waals surface area contributed by atoms with Gasteiger partial charge in [-0.15, -0.1) is 0 Å². The van der Waals surface area contributed by atoms with Crippen LogP contribution in [0.3, 0.4) is 0 Å². The van der Waals surface area contributed by atoms with Crippen molar-refractivity contribution in [2.75, 3.05) is 21.9 Å². The molecule has 30 heavy (non-hydrogen) atoms. The highest BCUT2D eigenvalue weighted by atomic mass is 32.2. The molecule has 160 valence electrons. The molecule has 1 atom stereocenters. The summed E-state index contributed by atoms with van der Waals surface area (Å²) in [5.74, 6) is -0.550. The number of benzene rings is 2. The van der Waals surface area contributed by atoms with Crippen LogP contribution in [0.5, 0.6) is 0 Å². The van der Waals surface area contributed by atoms with Crippen LogP contribution < -0.4 is 14.9 Å². The Morgan fingerprint density at radius 1 is 1.07 bits per heavy atom. The molecule has 8 heteroatoms. The number of anilines is 2. The molecular formula is C22H27N3O4S. The second kappa shape index (κ2) is 9.30. The van der Waals surface area contributed by atoms with Crippen LogP contribution in [0.2, 0.25) is 0 Å². The van der Waals surface area contributed by atoms with Gasteiger partial charge in [0.25, 0.3) is 11.8 Å². The summed E-state index contributed by atoms with van der Waals surface area (Å²) in [6.07, 6.45) is 2.23. The van der Waals surface area contributed by atoms with E-state index in [1.807, 2.05) is 13.8 Å². The number of amides is 2. The van der Waals surface area contributed by atoms with E-state index in [0.717, 1.165) is 12.8 Å². The van der Waals surface area contributed by atoms with E-state index < -0.39 is 15.9 Å². The second-order valence-electron chi connectivity index (χ2n) is 7.43. The molecule has 2 aromatic rings. The van der Waals surface area contributed by atoms with E-state index >= 15 is 0 Å². The fourth-order valence-corrected chi connectivity index (χ4v) is 4.90. The summed E-state index contributed by atoms with van der Waals surface area (Å²) in [6, 6.07) is 13.4. The Balaban J connectivity index is 1.82. The quantitative estimate of drug-likeness (QED) is 0.736. The molecule has 0 spiro atoms. The Bertz CT molecular complexity index is 1040. The molecule has 0 aliphatic carbocycles. The van der Waals surface area contributed by atoms with Crippen molar-refractivity contribution in [3.63, 3.8) is 0 Å². The van der Waals surface area contributed by atoms with Crippen LogP contribution in [-0.4, -0.2) is 38.6 Å². The van der Waals surface area contributed by atoms with Crippen molar-refractivity contribution in [2.45, 2.75) is 39.2 Å². The van der Waals surface area contributed by atoms with Crippen molar-refractivity contribution in [3.8, 4) is 0 Å². The van der Waals surface area contributed by atoms with Crippen LogP contribution in [-0.2, 0) is 10.0 Å². The Kier molecular flexibility index (Phi) is 6.77. The molecule has 0 aromatic heterocycles. The van der Waals surface area contributed by atoms with E-state index in [2.05, 4.69) is 10.6 Å². The molecule has 0 radical (unpaired) electrons. The van der Waals surface area contributed by atoms with Gasteiger partial charge >= 0.3 is 0 Å². The van der Waals surface area contributed by atoms with Crippen LogP contribution in [0, 0.1) is 0 Å². The largest absolute Gasteiger partial charge is 0.350 e. The number of hydrogen-bond donors (Lipinski definition) is 2. The van der Waals surface area contributed by atoms with Gasteiger partial charge in [0.05, 0.1) is 22.7 Å². The normalized spacial score (nSPS) is 16.5. The van der Waals surface area contributed by atoms with Gasteiger partial charge in [-0.1, -0.05) is 25.1 Å². The Morgan fingerprint density at radius 2 is 1.83 bits per heavy atom. The fraction of sp³-hybridized carbons (Fsp3) is 0.364. The molecule has 0 bridgehead atoms. The Labute approximate surface area is 177 Å². The average molecular weight is 430 g/mol. The molecule has 1 saturated heterocycles. The average Bonchev–Trinajstić information content (AvgIpc) is 2.73. The molecule has 1 unspecified atom stereocenters. The maximum absolute atomic E-state index is 12.9. The van der Waals surface area contributed by atoms with Gasteiger partial charge in [-0.05, 0) is 56.5 Å². The highest BCUT2D eigenvalue weighted by Gasteiger charge is 2.26. The third-order valence-electron chi connectivity index (χ3n) is 5.16. The predicted octanol–water partition coefficient (Wildman–Crippen LogP) is 3.40. The maximum Gasteiger partial charge on any atom is 0.255 e. The van der Waals surface area contributed by atoms with Gasteiger partial charge in [-0.3, -0.25) is 13.9 Å². The number of nitrogens with zero attached hydrogens (tertiary/aromatic N) is 1. The van der Waals surface area contributed by atoms with Gasteiger partial charge < -0.3 is 10.6 Å². The first kappa shape index (κ1) is 21.8. The number of rotatable bonds is 6. The minimum Gasteiger partial charge on any atom is -0.350 e. The number of nitrogens with one attached hydrogen (secondary N) is 2. The zero-order valence-corrected chi connectivity index (χ0v) is 18.0. The molecule has 1 aliphatic heterocycles. The number of hydrogen-bond acceptors (Lipinski definition) is 4. The van der Waals surface area contributed by atoms with E-state index in [9.17, 15) is 18.0 Å². The minimum absolute atomic E-state index is 0.0180. The highest BCUT2D eigenvalue weighted by Crippen LogP contribution is 2.25. The minimum atomic E-state index is -3.36. The van der Waals surface area contributed by atoms with E-state index in [4.69, 9.17) is 0 Å². The molecule has 2 aromatic carbocycles. The Hall–Kier alpha value is -2.87. The molecule has 2 amide bonds. The molecule has 1 heterocycles. The summed E-state index contributed by atoms with van der Waals surface area (Å²) in [6.45, 7) is 4.30. The summed E-state index contributed by atoms with van der Waals surface area (Å²) in [5, 5.41) is 5.68. The third-order valence-corrected chi connectivity index (χ3v) is 7.02. The zero-order valence-electron chi connectivity index (χ0n) is 17.2. The molecular weight excluding hydrogens is 402 g/mol. The van der Waals surface area contributed by atoms with Crippen LogP contribution in [0.4, 0.5) is 11.4 Å². The number of para-hydroxylation sites is 1. The summed E-state index contributed by atoms with van der Waals surface area (Å²) >= 11 is 0. The number of carbonyl (C=O) groups excluding carboxylic acids is 2. The van der Waals surface area contributed by atoms with Gasteiger partial charge in [0, 0.05) is 18.2 Å². The van der Waals surface area contributed by atoms with Gasteiger partial charge in [-0.2, -0.15) is 0 Å². The number of carbonyl (C=O) groups is 2. The van der Waals surface area contributed by atoms with Crippen LogP contribution >= 0.6 is 0 Å². The molecule has 1 aliphatic rings. The lowest BCUT2D eigenvalue weighted by atomic mass is 10.1. The highest BCUT2D eigenvalue weighted by molar-refractivity contribution is 7.92. The van der Waals surface area contributed by atoms with E-state index in [-0.39, 0.29) is 17.7 Å². The Morgan fingerprint density at radius 3 is 2.57 bits per heavy atom. The fourth-order valence-electron chi connectivity index (χ4n) is 3.27. The van der Waals surface area contributed by atoms with Crippen molar-refractivity contribution in [2.24, 2.45) is 0 Å². The van der Waals surface area contributed by atoms with Crippen molar-refractivity contribution in [1.82, 2.24) is 5.32 Å². The molecule has 0 saturated carbocycles. The van der Waals surface area contributed by atoms with Crippen molar-refractivity contribution in [3.05, 3.63) is 59.7 Å². The summed E-state index contributed by atoms with van der Waals surface area (Å²) in [4.78, 5) is 25.4. The smallest absolute Gasteiger partial charge is 0.255 e. The van der Waals surface area contributed by atoms with Gasteiger partial charge in [0.2, 0.25) is 10.0 Å². The standard InChI is InChI=1S/C22H27N3O4S/c1-3-16(2)23-22(27)19-11-4-5-12-20(19)24-21(26)17-9-8-10-18(15-17)25-13-6-7-14-30(25,28)29/h4-5,8-12,15-16H,3,6-7,13-14H2,1-2H3,(H,23,27)(H,24,26). The lowest BCUT2D eigenvalue weighted by Crippen LogP contribution is -2.37. The zero-order chi connectivity index (χ0) is 21.7. The van der Waals surface area contributed by atoms with Crippen LogP contribution in [0.25, 0.3) is 0 Å². The van der Waals surface area contributed by atoms with E-state index in [1.54, 1.807) is 48.5 Å². The first-order valence-electron chi connectivity index (χ1n) is 10.1. The maximum atomic E-state index is 12.9. The van der Waals surface area contributed by atoms with E-state index in [1.165, 1.54) is 4.31 Å². The number of sulfonamides is 1. The van der Waals surface area contributed by atoms with Gasteiger partial charge in [-0.25, -0.2) is 8.42 Å². The third kappa shape index (κ3) is 4.99. The first-order valence-corrected chi connectivity index (χ1v) is 11.7. The molecule has 3 rings (SSSR count). The monoisotopic (exact) mass is 429 g/mol. The topological polar surface area (TPSA) is 95.6 Å². The second-order valence-corrected chi connectivity index (χ2v) is 9.44. The predicted molar refractivity (Wildman–Crippen MR) is 118 cm³/mol. The SMILES string of the molecule is CCC(C)NC(=O)c1ccccc1NC(=O)c1cccc(N2CCCCS2(=O)=O)c1. The van der Waals surface area contributed by atoms with Crippen molar-refractivity contribution in [1.29, 1.82) is 0 Å².